The second kappa shape index (κ2) is 6.44. The van der Waals surface area contributed by atoms with Gasteiger partial charge in [-0.15, -0.1) is 0 Å². The number of hydrazone groups is 1. The molecule has 0 radical (unpaired) electrons. The summed E-state index contributed by atoms with van der Waals surface area (Å²) in [5.41, 5.74) is 6.91. The SMILES string of the molecule is COc1ccc([C@@H]2CC(c3c4ccccc4cc4ccccc34)=NN2)cc1. The van der Waals surface area contributed by atoms with Crippen LogP contribution in [0.1, 0.15) is 23.6 Å². The van der Waals surface area contributed by atoms with Crippen LogP contribution in [0.3, 0.4) is 0 Å². The summed E-state index contributed by atoms with van der Waals surface area (Å²) in [6.45, 7) is 0. The Labute approximate surface area is 158 Å². The van der Waals surface area contributed by atoms with E-state index in [0.717, 1.165) is 17.9 Å². The fourth-order valence-electron chi connectivity index (χ4n) is 3.95. The molecule has 0 saturated carbocycles. The molecule has 0 spiro atoms. The van der Waals surface area contributed by atoms with Crippen LogP contribution in [0, 0.1) is 0 Å². The molecule has 132 valence electrons. The summed E-state index contributed by atoms with van der Waals surface area (Å²) in [4.78, 5) is 0. The molecule has 1 aliphatic rings. The van der Waals surface area contributed by atoms with E-state index in [4.69, 9.17) is 9.84 Å². The predicted molar refractivity (Wildman–Crippen MR) is 111 cm³/mol. The van der Waals surface area contributed by atoms with E-state index in [-0.39, 0.29) is 6.04 Å². The molecular formula is C24H20N2O. The highest BCUT2D eigenvalue weighted by atomic mass is 16.5. The van der Waals surface area contributed by atoms with Gasteiger partial charge in [-0.2, -0.15) is 5.10 Å². The van der Waals surface area contributed by atoms with E-state index in [0.29, 0.717) is 0 Å². The lowest BCUT2D eigenvalue weighted by atomic mass is 9.91. The van der Waals surface area contributed by atoms with Gasteiger partial charge in [0, 0.05) is 12.0 Å². The van der Waals surface area contributed by atoms with Gasteiger partial charge in [-0.1, -0.05) is 60.7 Å². The fraction of sp³-hybridized carbons (Fsp3) is 0.125. The monoisotopic (exact) mass is 352 g/mol. The highest BCUT2D eigenvalue weighted by Crippen LogP contribution is 2.33. The number of nitrogens with one attached hydrogen (secondary N) is 1. The van der Waals surface area contributed by atoms with E-state index < -0.39 is 0 Å². The number of rotatable bonds is 3. The van der Waals surface area contributed by atoms with E-state index in [2.05, 4.69) is 72.2 Å². The fourth-order valence-corrected chi connectivity index (χ4v) is 3.95. The normalized spacial score (nSPS) is 16.3. The Kier molecular flexibility index (Phi) is 3.79. The van der Waals surface area contributed by atoms with E-state index in [9.17, 15) is 0 Å². The minimum atomic E-state index is 0.184. The average Bonchev–Trinajstić information content (AvgIpc) is 3.21. The molecule has 3 nitrogen and oxygen atoms in total. The Morgan fingerprint density at radius 2 is 1.48 bits per heavy atom. The van der Waals surface area contributed by atoms with Crippen molar-refractivity contribution in [2.75, 3.05) is 7.11 Å². The van der Waals surface area contributed by atoms with Crippen molar-refractivity contribution in [3.05, 3.63) is 90.0 Å². The standard InChI is InChI=1S/C24H20N2O/c1-27-19-12-10-16(11-13-19)22-15-23(26-25-22)24-20-8-4-2-6-17(20)14-18-7-3-5-9-21(18)24/h2-14,22,25H,15H2,1H3/t22-/m0/s1. The number of methoxy groups -OCH3 is 1. The average molecular weight is 352 g/mol. The molecule has 4 aromatic carbocycles. The number of nitrogens with zero attached hydrogens (tertiary/aromatic N) is 1. The maximum absolute atomic E-state index is 5.27. The zero-order valence-electron chi connectivity index (χ0n) is 15.1. The summed E-state index contributed by atoms with van der Waals surface area (Å²) < 4.78 is 5.27. The van der Waals surface area contributed by atoms with Gasteiger partial charge >= 0.3 is 0 Å². The van der Waals surface area contributed by atoms with Gasteiger partial charge in [0.15, 0.2) is 0 Å². The van der Waals surface area contributed by atoms with Crippen molar-refractivity contribution in [3.8, 4) is 5.75 Å². The summed E-state index contributed by atoms with van der Waals surface area (Å²) in [5, 5.41) is 9.76. The maximum atomic E-state index is 5.27. The number of fused-ring (bicyclic) bond motifs is 2. The third-order valence-electron chi connectivity index (χ3n) is 5.33. The van der Waals surface area contributed by atoms with Gasteiger partial charge in [0.25, 0.3) is 0 Å². The van der Waals surface area contributed by atoms with Crippen LogP contribution in [0.15, 0.2) is 84.0 Å². The lowest BCUT2D eigenvalue weighted by Gasteiger charge is -2.13. The van der Waals surface area contributed by atoms with Crippen molar-refractivity contribution in [2.45, 2.75) is 12.5 Å². The topological polar surface area (TPSA) is 33.6 Å². The van der Waals surface area contributed by atoms with E-state index in [1.54, 1.807) is 7.11 Å². The van der Waals surface area contributed by atoms with Crippen LogP contribution in [-0.4, -0.2) is 12.8 Å². The Balaban J connectivity index is 1.58. The molecule has 1 heterocycles. The van der Waals surface area contributed by atoms with Crippen molar-refractivity contribution in [2.24, 2.45) is 5.10 Å². The summed E-state index contributed by atoms with van der Waals surface area (Å²) in [6.07, 6.45) is 0.865. The second-order valence-electron chi connectivity index (χ2n) is 6.91. The third-order valence-corrected chi connectivity index (χ3v) is 5.33. The van der Waals surface area contributed by atoms with Crippen LogP contribution in [-0.2, 0) is 0 Å². The molecule has 0 bridgehead atoms. The molecule has 27 heavy (non-hydrogen) atoms. The van der Waals surface area contributed by atoms with Gasteiger partial charge in [-0.25, -0.2) is 0 Å². The van der Waals surface area contributed by atoms with Crippen molar-refractivity contribution >= 4 is 27.3 Å². The molecule has 0 aliphatic carbocycles. The van der Waals surface area contributed by atoms with Crippen molar-refractivity contribution in [1.29, 1.82) is 0 Å². The quantitative estimate of drug-likeness (QED) is 0.498. The highest BCUT2D eigenvalue weighted by molar-refractivity contribution is 6.21. The molecule has 3 heteroatoms. The zero-order valence-corrected chi connectivity index (χ0v) is 15.1. The van der Waals surface area contributed by atoms with Crippen LogP contribution < -0.4 is 10.2 Å². The number of hydrogen-bond acceptors (Lipinski definition) is 3. The Morgan fingerprint density at radius 3 is 2.11 bits per heavy atom. The number of ether oxygens (including phenoxy) is 1. The van der Waals surface area contributed by atoms with Gasteiger partial charge in [0.1, 0.15) is 5.75 Å². The minimum Gasteiger partial charge on any atom is -0.497 e. The van der Waals surface area contributed by atoms with Gasteiger partial charge in [0.2, 0.25) is 0 Å². The van der Waals surface area contributed by atoms with Gasteiger partial charge in [0.05, 0.1) is 18.9 Å². The lowest BCUT2D eigenvalue weighted by Crippen LogP contribution is -2.09. The first-order chi connectivity index (χ1) is 13.3. The summed E-state index contributed by atoms with van der Waals surface area (Å²) in [5.74, 6) is 0.873. The van der Waals surface area contributed by atoms with Crippen molar-refractivity contribution < 1.29 is 4.74 Å². The maximum Gasteiger partial charge on any atom is 0.118 e. The summed E-state index contributed by atoms with van der Waals surface area (Å²) in [7, 11) is 1.69. The first-order valence-corrected chi connectivity index (χ1v) is 9.20. The second-order valence-corrected chi connectivity index (χ2v) is 6.91. The van der Waals surface area contributed by atoms with Crippen molar-refractivity contribution in [1.82, 2.24) is 5.43 Å². The van der Waals surface area contributed by atoms with Crippen LogP contribution >= 0.6 is 0 Å². The zero-order chi connectivity index (χ0) is 18.2. The number of hydrogen-bond donors (Lipinski definition) is 1. The molecule has 4 aromatic rings. The Hall–Kier alpha value is -3.33. The minimum absolute atomic E-state index is 0.184. The van der Waals surface area contributed by atoms with E-state index in [1.165, 1.54) is 32.7 Å². The van der Waals surface area contributed by atoms with Crippen molar-refractivity contribution in [3.63, 3.8) is 0 Å². The van der Waals surface area contributed by atoms with Gasteiger partial charge in [-0.3, -0.25) is 0 Å². The van der Waals surface area contributed by atoms with E-state index in [1.807, 2.05) is 12.1 Å². The lowest BCUT2D eigenvalue weighted by molar-refractivity contribution is 0.414. The molecule has 5 rings (SSSR count). The first-order valence-electron chi connectivity index (χ1n) is 9.20. The van der Waals surface area contributed by atoms with Crippen LogP contribution in [0.2, 0.25) is 0 Å². The molecule has 0 aromatic heterocycles. The molecule has 1 N–H and O–H groups in total. The van der Waals surface area contributed by atoms with Crippen LogP contribution in [0.4, 0.5) is 0 Å². The predicted octanol–water partition coefficient (Wildman–Crippen LogP) is 5.44. The third kappa shape index (κ3) is 2.72. The molecular weight excluding hydrogens is 332 g/mol. The molecule has 0 saturated heterocycles. The largest absolute Gasteiger partial charge is 0.497 e. The summed E-state index contributed by atoms with van der Waals surface area (Å²) >= 11 is 0. The Bertz CT molecular complexity index is 1110. The van der Waals surface area contributed by atoms with Gasteiger partial charge in [-0.05, 0) is 45.3 Å². The van der Waals surface area contributed by atoms with E-state index >= 15 is 0 Å². The van der Waals surface area contributed by atoms with Crippen LogP contribution in [0.5, 0.6) is 5.75 Å². The Morgan fingerprint density at radius 1 is 0.852 bits per heavy atom. The van der Waals surface area contributed by atoms with Gasteiger partial charge < -0.3 is 10.2 Å². The molecule has 0 unspecified atom stereocenters. The molecule has 1 atom stereocenters. The smallest absolute Gasteiger partial charge is 0.118 e. The highest BCUT2D eigenvalue weighted by Gasteiger charge is 2.24. The molecule has 1 aliphatic heterocycles. The van der Waals surface area contributed by atoms with Crippen LogP contribution in [0.25, 0.3) is 21.5 Å². The summed E-state index contributed by atoms with van der Waals surface area (Å²) in [6, 6.07) is 27.8. The molecule has 0 fully saturated rings. The first kappa shape index (κ1) is 15.9. The molecule has 0 amide bonds. The number of benzene rings is 4.